The Morgan fingerprint density at radius 2 is 1.85 bits per heavy atom. The number of aryl methyl sites for hydroxylation is 2. The number of hydrogen-bond acceptors (Lipinski definition) is 4. The fraction of sp³-hybridized carbons (Fsp3) is 0.238. The summed E-state index contributed by atoms with van der Waals surface area (Å²) in [7, 11) is 0. The maximum absolute atomic E-state index is 12.0. The van der Waals surface area contributed by atoms with Gasteiger partial charge < -0.3 is 10.1 Å². The van der Waals surface area contributed by atoms with Crippen molar-refractivity contribution in [1.29, 1.82) is 0 Å². The van der Waals surface area contributed by atoms with Crippen molar-refractivity contribution < 1.29 is 9.53 Å². The van der Waals surface area contributed by atoms with Gasteiger partial charge in [-0.25, -0.2) is 4.98 Å². The van der Waals surface area contributed by atoms with E-state index in [4.69, 9.17) is 16.3 Å². The van der Waals surface area contributed by atoms with E-state index in [1.54, 1.807) is 11.3 Å². The minimum atomic E-state index is -0.134. The van der Waals surface area contributed by atoms with Gasteiger partial charge >= 0.3 is 0 Å². The number of nitrogens with one attached hydrogen (secondary N) is 1. The van der Waals surface area contributed by atoms with E-state index in [0.29, 0.717) is 18.0 Å². The molecule has 3 rings (SSSR count). The third-order valence-corrected chi connectivity index (χ3v) is 5.29. The lowest BCUT2D eigenvalue weighted by Gasteiger charge is -2.11. The highest BCUT2D eigenvalue weighted by atomic mass is 35.5. The number of amides is 1. The standard InChI is InChI=1S/C21H21ClN2O2S/c1-14-4-3-5-15(2)20(14)26-12-19(25)23-11-10-18-13-27-21(24-18)16-6-8-17(22)9-7-16/h3-9,13H,10-12H2,1-2H3,(H,23,25). The first kappa shape index (κ1) is 19.4. The molecule has 0 aliphatic rings. The van der Waals surface area contributed by atoms with E-state index in [-0.39, 0.29) is 12.5 Å². The van der Waals surface area contributed by atoms with Gasteiger partial charge in [0.1, 0.15) is 10.8 Å². The average Bonchev–Trinajstić information content (AvgIpc) is 3.11. The summed E-state index contributed by atoms with van der Waals surface area (Å²) in [6.07, 6.45) is 0.680. The van der Waals surface area contributed by atoms with Crippen molar-refractivity contribution >= 4 is 28.8 Å². The van der Waals surface area contributed by atoms with Crippen LogP contribution in [0.3, 0.4) is 0 Å². The molecule has 0 aliphatic carbocycles. The number of carbonyl (C=O) groups is 1. The maximum atomic E-state index is 12.0. The molecule has 1 amide bonds. The van der Waals surface area contributed by atoms with Gasteiger partial charge in [-0.1, -0.05) is 41.9 Å². The lowest BCUT2D eigenvalue weighted by Crippen LogP contribution is -2.30. The fourth-order valence-electron chi connectivity index (χ4n) is 2.69. The monoisotopic (exact) mass is 400 g/mol. The Bertz CT molecular complexity index is 902. The van der Waals surface area contributed by atoms with Gasteiger partial charge in [0.05, 0.1) is 5.69 Å². The maximum Gasteiger partial charge on any atom is 0.257 e. The molecule has 4 nitrogen and oxygen atoms in total. The van der Waals surface area contributed by atoms with Crippen LogP contribution in [-0.4, -0.2) is 24.0 Å². The quantitative estimate of drug-likeness (QED) is 0.618. The van der Waals surface area contributed by atoms with Crippen LogP contribution in [0.15, 0.2) is 47.8 Å². The lowest BCUT2D eigenvalue weighted by atomic mass is 10.1. The number of hydrogen-bond donors (Lipinski definition) is 1. The number of para-hydroxylation sites is 1. The van der Waals surface area contributed by atoms with Crippen LogP contribution in [0.25, 0.3) is 10.6 Å². The topological polar surface area (TPSA) is 51.2 Å². The lowest BCUT2D eigenvalue weighted by molar-refractivity contribution is -0.123. The molecule has 0 saturated heterocycles. The highest BCUT2D eigenvalue weighted by Crippen LogP contribution is 2.25. The van der Waals surface area contributed by atoms with Crippen LogP contribution >= 0.6 is 22.9 Å². The second kappa shape index (κ2) is 9.02. The van der Waals surface area contributed by atoms with E-state index in [2.05, 4.69) is 10.3 Å². The van der Waals surface area contributed by atoms with Gasteiger partial charge in [0.2, 0.25) is 0 Å². The molecule has 0 unspecified atom stereocenters. The van der Waals surface area contributed by atoms with Crippen LogP contribution < -0.4 is 10.1 Å². The Balaban J connectivity index is 1.46. The zero-order chi connectivity index (χ0) is 19.2. The molecular weight excluding hydrogens is 380 g/mol. The summed E-state index contributed by atoms with van der Waals surface area (Å²) in [4.78, 5) is 16.6. The number of carbonyl (C=O) groups excluding carboxylic acids is 1. The van der Waals surface area contributed by atoms with Crippen LogP contribution in [0, 0.1) is 13.8 Å². The van der Waals surface area contributed by atoms with Crippen molar-refractivity contribution in [3.05, 3.63) is 69.7 Å². The predicted octanol–water partition coefficient (Wildman–Crippen LogP) is 4.82. The summed E-state index contributed by atoms with van der Waals surface area (Å²) in [5, 5.41) is 6.56. The molecule has 0 spiro atoms. The second-order valence-corrected chi connectivity index (χ2v) is 7.55. The number of rotatable bonds is 7. The Kier molecular flexibility index (Phi) is 6.48. The number of aromatic nitrogens is 1. The van der Waals surface area contributed by atoms with Crippen molar-refractivity contribution in [2.45, 2.75) is 20.3 Å². The van der Waals surface area contributed by atoms with E-state index >= 15 is 0 Å². The summed E-state index contributed by atoms with van der Waals surface area (Å²) in [5.41, 5.74) is 4.06. The van der Waals surface area contributed by atoms with Gasteiger partial charge in [-0.05, 0) is 37.1 Å². The van der Waals surface area contributed by atoms with Crippen LogP contribution in [0.2, 0.25) is 5.02 Å². The third kappa shape index (κ3) is 5.31. The first-order valence-corrected chi connectivity index (χ1v) is 9.95. The summed E-state index contributed by atoms with van der Waals surface area (Å²) >= 11 is 7.50. The van der Waals surface area contributed by atoms with Crippen LogP contribution in [0.4, 0.5) is 0 Å². The Morgan fingerprint density at radius 1 is 1.15 bits per heavy atom. The average molecular weight is 401 g/mol. The van der Waals surface area contributed by atoms with Crippen molar-refractivity contribution in [3.8, 4) is 16.3 Å². The number of nitrogens with zero attached hydrogens (tertiary/aromatic N) is 1. The number of ether oxygens (including phenoxy) is 1. The van der Waals surface area contributed by atoms with Gasteiger partial charge in [0.25, 0.3) is 5.91 Å². The molecule has 1 aromatic heterocycles. The summed E-state index contributed by atoms with van der Waals surface area (Å²) < 4.78 is 5.67. The molecule has 0 bridgehead atoms. The summed E-state index contributed by atoms with van der Waals surface area (Å²) in [6.45, 7) is 4.49. The molecule has 0 radical (unpaired) electrons. The second-order valence-electron chi connectivity index (χ2n) is 6.26. The van der Waals surface area contributed by atoms with Gasteiger partial charge in [-0.15, -0.1) is 11.3 Å². The van der Waals surface area contributed by atoms with Crippen molar-refractivity contribution in [3.63, 3.8) is 0 Å². The van der Waals surface area contributed by atoms with E-state index in [1.807, 2.05) is 61.7 Å². The molecular formula is C21H21ClN2O2S. The molecule has 0 aliphatic heterocycles. The first-order valence-electron chi connectivity index (χ1n) is 8.69. The smallest absolute Gasteiger partial charge is 0.257 e. The summed E-state index contributed by atoms with van der Waals surface area (Å²) in [5.74, 6) is 0.644. The van der Waals surface area contributed by atoms with Crippen LogP contribution in [0.1, 0.15) is 16.8 Å². The van der Waals surface area contributed by atoms with Crippen LogP contribution in [-0.2, 0) is 11.2 Å². The first-order chi connectivity index (χ1) is 13.0. The molecule has 3 aromatic rings. The fourth-order valence-corrected chi connectivity index (χ4v) is 3.68. The highest BCUT2D eigenvalue weighted by Gasteiger charge is 2.08. The van der Waals surface area contributed by atoms with Crippen molar-refractivity contribution in [2.75, 3.05) is 13.2 Å². The predicted molar refractivity (Wildman–Crippen MR) is 111 cm³/mol. The molecule has 27 heavy (non-hydrogen) atoms. The molecule has 0 atom stereocenters. The molecule has 0 saturated carbocycles. The molecule has 1 heterocycles. The molecule has 1 N–H and O–H groups in total. The normalized spacial score (nSPS) is 10.6. The minimum Gasteiger partial charge on any atom is -0.483 e. The van der Waals surface area contributed by atoms with E-state index in [0.717, 1.165) is 33.1 Å². The SMILES string of the molecule is Cc1cccc(C)c1OCC(=O)NCCc1csc(-c2ccc(Cl)cc2)n1. The van der Waals surface area contributed by atoms with Gasteiger partial charge in [0.15, 0.2) is 6.61 Å². The molecule has 2 aromatic carbocycles. The number of halogens is 1. The molecule has 140 valence electrons. The van der Waals surface area contributed by atoms with Gasteiger partial charge in [-0.3, -0.25) is 4.79 Å². The van der Waals surface area contributed by atoms with E-state index < -0.39 is 0 Å². The summed E-state index contributed by atoms with van der Waals surface area (Å²) in [6, 6.07) is 13.5. The van der Waals surface area contributed by atoms with Gasteiger partial charge in [-0.2, -0.15) is 0 Å². The zero-order valence-corrected chi connectivity index (χ0v) is 16.9. The zero-order valence-electron chi connectivity index (χ0n) is 15.3. The van der Waals surface area contributed by atoms with Gasteiger partial charge in [0, 0.05) is 28.9 Å². The minimum absolute atomic E-state index is 0.0127. The van der Waals surface area contributed by atoms with E-state index in [9.17, 15) is 4.79 Å². The Labute approximate surface area is 168 Å². The van der Waals surface area contributed by atoms with Crippen molar-refractivity contribution in [2.24, 2.45) is 0 Å². The number of thiazole rings is 1. The highest BCUT2D eigenvalue weighted by molar-refractivity contribution is 7.13. The largest absolute Gasteiger partial charge is 0.483 e. The third-order valence-electron chi connectivity index (χ3n) is 4.10. The van der Waals surface area contributed by atoms with Crippen LogP contribution in [0.5, 0.6) is 5.75 Å². The Morgan fingerprint density at radius 3 is 2.56 bits per heavy atom. The Hall–Kier alpha value is -2.37. The van der Waals surface area contributed by atoms with E-state index in [1.165, 1.54) is 0 Å². The molecule has 6 heteroatoms. The molecule has 0 fully saturated rings. The number of benzene rings is 2. The van der Waals surface area contributed by atoms with Crippen molar-refractivity contribution in [1.82, 2.24) is 10.3 Å².